The minimum absolute atomic E-state index is 0.270. The highest BCUT2D eigenvalue weighted by molar-refractivity contribution is 5.48. The number of hydrogen-bond acceptors (Lipinski definition) is 3. The van der Waals surface area contributed by atoms with Crippen molar-refractivity contribution >= 4 is 5.69 Å². The largest absolute Gasteiger partial charge is 0.395 e. The maximum absolute atomic E-state index is 8.95. The molecule has 0 aromatic heterocycles. The summed E-state index contributed by atoms with van der Waals surface area (Å²) in [7, 11) is 0. The monoisotopic (exact) mass is 262 g/mol. The van der Waals surface area contributed by atoms with E-state index in [2.05, 4.69) is 41.0 Å². The Labute approximate surface area is 116 Å². The van der Waals surface area contributed by atoms with Gasteiger partial charge in [0.25, 0.3) is 0 Å². The van der Waals surface area contributed by atoms with Crippen LogP contribution < -0.4 is 4.90 Å². The topological polar surface area (TPSA) is 26.7 Å². The second-order valence-electron chi connectivity index (χ2n) is 5.32. The molecule has 0 aliphatic carbocycles. The summed E-state index contributed by atoms with van der Waals surface area (Å²) in [5.74, 6) is 0. The Bertz CT molecular complexity index is 356. The highest BCUT2D eigenvalue weighted by atomic mass is 16.3. The maximum Gasteiger partial charge on any atom is 0.0558 e. The van der Waals surface area contributed by atoms with E-state index in [4.69, 9.17) is 5.11 Å². The Morgan fingerprint density at radius 1 is 1.05 bits per heavy atom. The van der Waals surface area contributed by atoms with E-state index in [9.17, 15) is 0 Å². The van der Waals surface area contributed by atoms with E-state index in [1.807, 2.05) is 0 Å². The number of rotatable bonds is 6. The summed E-state index contributed by atoms with van der Waals surface area (Å²) in [4.78, 5) is 4.77. The lowest BCUT2D eigenvalue weighted by Crippen LogP contribution is -2.47. The third kappa shape index (κ3) is 4.22. The van der Waals surface area contributed by atoms with Crippen molar-refractivity contribution < 1.29 is 5.11 Å². The number of piperazine rings is 1. The predicted molar refractivity (Wildman–Crippen MR) is 80.8 cm³/mol. The quantitative estimate of drug-likeness (QED) is 0.851. The van der Waals surface area contributed by atoms with E-state index >= 15 is 0 Å². The molecule has 3 nitrogen and oxygen atoms in total. The predicted octanol–water partition coefficient (Wildman–Crippen LogP) is 2.14. The van der Waals surface area contributed by atoms with Crippen molar-refractivity contribution in [3.8, 4) is 0 Å². The molecule has 0 unspecified atom stereocenters. The Kier molecular flexibility index (Phi) is 5.67. The first-order valence-electron chi connectivity index (χ1n) is 7.50. The number of aryl methyl sites for hydroxylation is 1. The molecule has 0 atom stereocenters. The Morgan fingerprint density at radius 3 is 2.32 bits per heavy atom. The standard InChI is InChI=1S/C16H26N2O/c1-2-3-4-15-5-7-16(8-6-15)18-11-9-17(10-12-18)13-14-19/h5-8,19H,2-4,9-14H2,1H3. The van der Waals surface area contributed by atoms with Gasteiger partial charge in [-0.05, 0) is 30.5 Å². The lowest BCUT2D eigenvalue weighted by Gasteiger charge is -2.35. The highest BCUT2D eigenvalue weighted by Crippen LogP contribution is 2.18. The van der Waals surface area contributed by atoms with E-state index in [0.29, 0.717) is 0 Å². The van der Waals surface area contributed by atoms with E-state index in [1.165, 1.54) is 30.5 Å². The molecule has 3 heteroatoms. The first kappa shape index (κ1) is 14.4. The number of aliphatic hydroxyl groups excluding tert-OH is 1. The maximum atomic E-state index is 8.95. The molecule has 1 aromatic carbocycles. The molecule has 106 valence electrons. The number of benzene rings is 1. The van der Waals surface area contributed by atoms with Crippen LogP contribution >= 0.6 is 0 Å². The van der Waals surface area contributed by atoms with Gasteiger partial charge in [-0.3, -0.25) is 4.90 Å². The smallest absolute Gasteiger partial charge is 0.0558 e. The number of aliphatic hydroxyl groups is 1. The van der Waals surface area contributed by atoms with Crippen molar-refractivity contribution in [3.63, 3.8) is 0 Å². The summed E-state index contributed by atoms with van der Waals surface area (Å²) < 4.78 is 0. The van der Waals surface area contributed by atoms with Gasteiger partial charge in [0.2, 0.25) is 0 Å². The van der Waals surface area contributed by atoms with Gasteiger partial charge in [-0.2, -0.15) is 0 Å². The summed E-state index contributed by atoms with van der Waals surface area (Å²) in [5.41, 5.74) is 2.79. The van der Waals surface area contributed by atoms with Gasteiger partial charge in [-0.15, -0.1) is 0 Å². The molecule has 0 saturated carbocycles. The molecular weight excluding hydrogens is 236 g/mol. The number of hydrogen-bond donors (Lipinski definition) is 1. The van der Waals surface area contributed by atoms with Gasteiger partial charge in [0, 0.05) is 38.4 Å². The van der Waals surface area contributed by atoms with Crippen LogP contribution in [0.15, 0.2) is 24.3 Å². The summed E-state index contributed by atoms with van der Waals surface area (Å²) in [6.07, 6.45) is 3.73. The number of unbranched alkanes of at least 4 members (excludes halogenated alkanes) is 1. The summed E-state index contributed by atoms with van der Waals surface area (Å²) in [6, 6.07) is 9.05. The zero-order valence-corrected chi connectivity index (χ0v) is 12.0. The lowest BCUT2D eigenvalue weighted by atomic mass is 10.1. The molecule has 19 heavy (non-hydrogen) atoms. The Hall–Kier alpha value is -1.06. The van der Waals surface area contributed by atoms with Crippen LogP contribution in [0, 0.1) is 0 Å². The van der Waals surface area contributed by atoms with Gasteiger partial charge >= 0.3 is 0 Å². The van der Waals surface area contributed by atoms with Crippen molar-refractivity contribution in [3.05, 3.63) is 29.8 Å². The number of nitrogens with zero attached hydrogens (tertiary/aromatic N) is 2. The second-order valence-corrected chi connectivity index (χ2v) is 5.32. The van der Waals surface area contributed by atoms with Crippen molar-refractivity contribution in [1.29, 1.82) is 0 Å². The van der Waals surface area contributed by atoms with Gasteiger partial charge in [0.1, 0.15) is 0 Å². The minimum atomic E-state index is 0.270. The molecule has 1 N–H and O–H groups in total. The number of anilines is 1. The van der Waals surface area contributed by atoms with E-state index in [1.54, 1.807) is 0 Å². The Morgan fingerprint density at radius 2 is 1.74 bits per heavy atom. The zero-order valence-electron chi connectivity index (χ0n) is 12.0. The average Bonchev–Trinajstić information content (AvgIpc) is 2.47. The van der Waals surface area contributed by atoms with E-state index in [0.717, 1.165) is 32.7 Å². The summed E-state index contributed by atoms with van der Waals surface area (Å²) in [6.45, 7) is 7.55. The van der Waals surface area contributed by atoms with Crippen molar-refractivity contribution in [2.24, 2.45) is 0 Å². The molecule has 1 saturated heterocycles. The van der Waals surface area contributed by atoms with Gasteiger partial charge in [0.05, 0.1) is 6.61 Å². The van der Waals surface area contributed by atoms with Gasteiger partial charge in [-0.25, -0.2) is 0 Å². The van der Waals surface area contributed by atoms with Gasteiger partial charge in [0.15, 0.2) is 0 Å². The van der Waals surface area contributed by atoms with Crippen LogP contribution in [0.2, 0.25) is 0 Å². The molecule has 2 rings (SSSR count). The van der Waals surface area contributed by atoms with Crippen LogP contribution in [-0.4, -0.2) is 49.3 Å². The van der Waals surface area contributed by atoms with Crippen molar-refractivity contribution in [2.75, 3.05) is 44.2 Å². The van der Waals surface area contributed by atoms with E-state index < -0.39 is 0 Å². The molecular formula is C16H26N2O. The lowest BCUT2D eigenvalue weighted by molar-refractivity contribution is 0.189. The van der Waals surface area contributed by atoms with Crippen LogP contribution in [-0.2, 0) is 6.42 Å². The fourth-order valence-corrected chi connectivity index (χ4v) is 2.63. The second kappa shape index (κ2) is 7.51. The summed E-state index contributed by atoms with van der Waals surface area (Å²) >= 11 is 0. The molecule has 1 aliphatic rings. The molecule has 0 bridgehead atoms. The fraction of sp³-hybridized carbons (Fsp3) is 0.625. The van der Waals surface area contributed by atoms with Crippen molar-refractivity contribution in [1.82, 2.24) is 4.90 Å². The molecule has 1 aromatic rings. The van der Waals surface area contributed by atoms with Gasteiger partial charge in [-0.1, -0.05) is 25.5 Å². The van der Waals surface area contributed by atoms with Crippen LogP contribution in [0.5, 0.6) is 0 Å². The van der Waals surface area contributed by atoms with Crippen LogP contribution in [0.4, 0.5) is 5.69 Å². The normalized spacial score (nSPS) is 16.8. The van der Waals surface area contributed by atoms with Crippen molar-refractivity contribution in [2.45, 2.75) is 26.2 Å². The molecule has 0 spiro atoms. The first-order valence-corrected chi connectivity index (χ1v) is 7.50. The number of β-amino-alcohol motifs (C(OH)–C–C–N with tert-alkyl or cyclic N) is 1. The third-order valence-corrected chi connectivity index (χ3v) is 3.91. The molecule has 1 aliphatic heterocycles. The minimum Gasteiger partial charge on any atom is -0.395 e. The first-order chi connectivity index (χ1) is 9.33. The molecule has 0 radical (unpaired) electrons. The highest BCUT2D eigenvalue weighted by Gasteiger charge is 2.16. The molecule has 1 fully saturated rings. The SMILES string of the molecule is CCCCc1ccc(N2CCN(CCO)CC2)cc1. The Balaban J connectivity index is 1.85. The van der Waals surface area contributed by atoms with Crippen LogP contribution in [0.25, 0.3) is 0 Å². The van der Waals surface area contributed by atoms with Crippen LogP contribution in [0.3, 0.4) is 0 Å². The fourth-order valence-electron chi connectivity index (χ4n) is 2.63. The zero-order chi connectivity index (χ0) is 13.5. The van der Waals surface area contributed by atoms with Crippen LogP contribution in [0.1, 0.15) is 25.3 Å². The third-order valence-electron chi connectivity index (χ3n) is 3.91. The van der Waals surface area contributed by atoms with Gasteiger partial charge < -0.3 is 10.0 Å². The molecule has 0 amide bonds. The molecule has 1 heterocycles. The average molecular weight is 262 g/mol. The summed E-state index contributed by atoms with van der Waals surface area (Å²) in [5, 5.41) is 8.95. The van der Waals surface area contributed by atoms with E-state index in [-0.39, 0.29) is 6.61 Å².